The second-order valence-electron chi connectivity index (χ2n) is 8.13. The standard InChI is InChI=1S/C22H27N7O4/c30-14-13-26-5-7-27(8-6-26)20-3-4-21(24-23-20)28-9-11-29(12-10-28)22(31)17-16-19(33-25-17)18-2-1-15-32-18/h1-4,15-16,30H,5-14H2. The number of carbonyl (C=O) groups excluding carboxylic acids is 1. The molecule has 5 heterocycles. The molecule has 11 heteroatoms. The van der Waals surface area contributed by atoms with Crippen molar-refractivity contribution in [2.75, 3.05) is 75.3 Å². The summed E-state index contributed by atoms with van der Waals surface area (Å²) in [6.45, 7) is 6.95. The number of rotatable bonds is 6. The molecule has 0 saturated carbocycles. The van der Waals surface area contributed by atoms with Crippen molar-refractivity contribution in [3.63, 3.8) is 0 Å². The fourth-order valence-corrected chi connectivity index (χ4v) is 4.21. The van der Waals surface area contributed by atoms with Gasteiger partial charge in [-0.05, 0) is 24.3 Å². The molecule has 3 aromatic rings. The number of aliphatic hydroxyl groups excluding tert-OH is 1. The van der Waals surface area contributed by atoms with E-state index in [-0.39, 0.29) is 18.2 Å². The number of hydrogen-bond donors (Lipinski definition) is 1. The van der Waals surface area contributed by atoms with Crippen LogP contribution in [0.25, 0.3) is 11.5 Å². The molecule has 2 fully saturated rings. The summed E-state index contributed by atoms with van der Waals surface area (Å²) in [5, 5.41) is 21.9. The van der Waals surface area contributed by atoms with Gasteiger partial charge in [0.1, 0.15) is 0 Å². The van der Waals surface area contributed by atoms with Crippen LogP contribution >= 0.6 is 0 Å². The number of nitrogens with zero attached hydrogens (tertiary/aromatic N) is 7. The first-order valence-electron chi connectivity index (χ1n) is 11.2. The maximum atomic E-state index is 12.8. The van der Waals surface area contributed by atoms with Gasteiger partial charge in [-0.1, -0.05) is 5.16 Å². The third-order valence-corrected chi connectivity index (χ3v) is 6.13. The third kappa shape index (κ3) is 4.69. The molecule has 2 aliphatic heterocycles. The molecule has 0 atom stereocenters. The molecule has 33 heavy (non-hydrogen) atoms. The minimum absolute atomic E-state index is 0.155. The Hall–Kier alpha value is -3.44. The summed E-state index contributed by atoms with van der Waals surface area (Å²) in [4.78, 5) is 21.2. The predicted molar refractivity (Wildman–Crippen MR) is 120 cm³/mol. The molecule has 0 bridgehead atoms. The zero-order valence-corrected chi connectivity index (χ0v) is 18.3. The van der Waals surface area contributed by atoms with Crippen LogP contribution in [0.15, 0.2) is 45.5 Å². The summed E-state index contributed by atoms with van der Waals surface area (Å²) in [5.74, 6) is 2.51. The average Bonchev–Trinajstić information content (AvgIpc) is 3.57. The van der Waals surface area contributed by atoms with Crippen LogP contribution in [0.1, 0.15) is 10.5 Å². The number of β-amino-alcohol motifs (C(OH)–C–C–N with tert-alkyl or cyclic N) is 1. The van der Waals surface area contributed by atoms with E-state index in [0.717, 1.165) is 44.4 Å². The molecular weight excluding hydrogens is 426 g/mol. The van der Waals surface area contributed by atoms with E-state index in [4.69, 9.17) is 14.0 Å². The van der Waals surface area contributed by atoms with Crippen LogP contribution in [0.3, 0.4) is 0 Å². The molecule has 11 nitrogen and oxygen atoms in total. The van der Waals surface area contributed by atoms with Gasteiger partial charge in [0.25, 0.3) is 5.91 Å². The van der Waals surface area contributed by atoms with E-state index in [1.54, 1.807) is 29.4 Å². The summed E-state index contributed by atoms with van der Waals surface area (Å²) in [6, 6.07) is 9.13. The first-order chi connectivity index (χ1) is 16.2. The summed E-state index contributed by atoms with van der Waals surface area (Å²) in [6.07, 6.45) is 1.55. The molecule has 2 aliphatic rings. The first kappa shape index (κ1) is 21.4. The van der Waals surface area contributed by atoms with E-state index < -0.39 is 0 Å². The summed E-state index contributed by atoms with van der Waals surface area (Å²) in [5.41, 5.74) is 0.276. The van der Waals surface area contributed by atoms with Gasteiger partial charge in [-0.3, -0.25) is 9.69 Å². The summed E-state index contributed by atoms with van der Waals surface area (Å²) >= 11 is 0. The quantitative estimate of drug-likeness (QED) is 0.575. The number of anilines is 2. The predicted octanol–water partition coefficient (Wildman–Crippen LogP) is 0.801. The van der Waals surface area contributed by atoms with Gasteiger partial charge in [0.05, 0.1) is 12.9 Å². The minimum atomic E-state index is -0.155. The Morgan fingerprint density at radius 3 is 2.15 bits per heavy atom. The lowest BCUT2D eigenvalue weighted by Crippen LogP contribution is -2.49. The molecule has 0 aliphatic carbocycles. The maximum Gasteiger partial charge on any atom is 0.276 e. The maximum absolute atomic E-state index is 12.8. The Morgan fingerprint density at radius 1 is 0.909 bits per heavy atom. The highest BCUT2D eigenvalue weighted by atomic mass is 16.5. The molecule has 0 aromatic carbocycles. The Bertz CT molecular complexity index is 1040. The van der Waals surface area contributed by atoms with E-state index in [0.29, 0.717) is 37.7 Å². The minimum Gasteiger partial charge on any atom is -0.461 e. The molecule has 1 N–H and O–H groups in total. The molecule has 0 radical (unpaired) electrons. The molecule has 174 valence electrons. The van der Waals surface area contributed by atoms with Gasteiger partial charge in [0.2, 0.25) is 5.76 Å². The van der Waals surface area contributed by atoms with Crippen LogP contribution in [0.2, 0.25) is 0 Å². The molecule has 3 aromatic heterocycles. The zero-order valence-electron chi connectivity index (χ0n) is 18.3. The van der Waals surface area contributed by atoms with Gasteiger partial charge in [0.15, 0.2) is 23.1 Å². The SMILES string of the molecule is O=C(c1cc(-c2ccco2)on1)N1CCN(c2ccc(N3CCN(CCO)CC3)nn2)CC1. The van der Waals surface area contributed by atoms with Crippen LogP contribution in [-0.4, -0.2) is 102 Å². The molecule has 0 spiro atoms. The van der Waals surface area contributed by atoms with Crippen molar-refractivity contribution in [2.45, 2.75) is 0 Å². The Balaban J connectivity index is 1.14. The number of piperazine rings is 2. The van der Waals surface area contributed by atoms with Crippen molar-refractivity contribution in [2.24, 2.45) is 0 Å². The number of aromatic nitrogens is 3. The van der Waals surface area contributed by atoms with Crippen LogP contribution in [-0.2, 0) is 0 Å². The Kier molecular flexibility index (Phi) is 6.22. The fraction of sp³-hybridized carbons (Fsp3) is 0.455. The zero-order chi connectivity index (χ0) is 22.6. The van der Waals surface area contributed by atoms with E-state index in [1.807, 2.05) is 12.1 Å². The van der Waals surface area contributed by atoms with Crippen molar-refractivity contribution in [1.29, 1.82) is 0 Å². The van der Waals surface area contributed by atoms with Crippen molar-refractivity contribution >= 4 is 17.5 Å². The number of aliphatic hydroxyl groups is 1. The van der Waals surface area contributed by atoms with Crippen molar-refractivity contribution in [1.82, 2.24) is 25.2 Å². The van der Waals surface area contributed by atoms with Crippen LogP contribution in [0, 0.1) is 0 Å². The van der Waals surface area contributed by atoms with Crippen LogP contribution in [0.5, 0.6) is 0 Å². The lowest BCUT2D eigenvalue weighted by atomic mass is 10.2. The number of carbonyl (C=O) groups is 1. The highest BCUT2D eigenvalue weighted by Crippen LogP contribution is 2.22. The summed E-state index contributed by atoms with van der Waals surface area (Å²) in [7, 11) is 0. The van der Waals surface area contributed by atoms with Crippen molar-refractivity contribution < 1.29 is 18.8 Å². The Morgan fingerprint density at radius 2 is 1.58 bits per heavy atom. The largest absolute Gasteiger partial charge is 0.461 e. The monoisotopic (exact) mass is 453 g/mol. The van der Waals surface area contributed by atoms with Gasteiger partial charge in [0, 0.05) is 65.0 Å². The van der Waals surface area contributed by atoms with E-state index in [2.05, 4.69) is 30.1 Å². The summed E-state index contributed by atoms with van der Waals surface area (Å²) < 4.78 is 10.5. The number of hydrogen-bond acceptors (Lipinski definition) is 10. The first-order valence-corrected chi connectivity index (χ1v) is 11.2. The topological polar surface area (TPSA) is 115 Å². The normalized spacial score (nSPS) is 17.5. The van der Waals surface area contributed by atoms with E-state index in [9.17, 15) is 4.79 Å². The van der Waals surface area contributed by atoms with E-state index >= 15 is 0 Å². The molecule has 5 rings (SSSR count). The molecule has 0 unspecified atom stereocenters. The van der Waals surface area contributed by atoms with E-state index in [1.165, 1.54) is 0 Å². The van der Waals surface area contributed by atoms with Crippen molar-refractivity contribution in [3.05, 3.63) is 42.3 Å². The fourth-order valence-electron chi connectivity index (χ4n) is 4.21. The van der Waals surface area contributed by atoms with Gasteiger partial charge in [-0.15, -0.1) is 10.2 Å². The van der Waals surface area contributed by atoms with Crippen LogP contribution in [0.4, 0.5) is 11.6 Å². The molecule has 2 saturated heterocycles. The van der Waals surface area contributed by atoms with Gasteiger partial charge in [-0.2, -0.15) is 0 Å². The van der Waals surface area contributed by atoms with Gasteiger partial charge < -0.3 is 28.7 Å². The highest BCUT2D eigenvalue weighted by Gasteiger charge is 2.26. The number of amides is 1. The van der Waals surface area contributed by atoms with Gasteiger partial charge >= 0.3 is 0 Å². The Labute approximate surface area is 191 Å². The molecule has 1 amide bonds. The second kappa shape index (κ2) is 9.59. The highest BCUT2D eigenvalue weighted by molar-refractivity contribution is 5.93. The molecular formula is C22H27N7O4. The average molecular weight is 454 g/mol. The number of furan rings is 1. The smallest absolute Gasteiger partial charge is 0.276 e. The third-order valence-electron chi connectivity index (χ3n) is 6.13. The lowest BCUT2D eigenvalue weighted by molar-refractivity contribution is 0.0736. The second-order valence-corrected chi connectivity index (χ2v) is 8.13. The van der Waals surface area contributed by atoms with Gasteiger partial charge in [-0.25, -0.2) is 0 Å². The van der Waals surface area contributed by atoms with Crippen LogP contribution < -0.4 is 9.80 Å². The lowest BCUT2D eigenvalue weighted by Gasteiger charge is -2.36. The van der Waals surface area contributed by atoms with Crippen molar-refractivity contribution in [3.8, 4) is 11.5 Å².